The number of hydrogen-bond acceptors (Lipinski definition) is 2. The largest absolute Gasteiger partial charge is 0.391 e. The smallest absolute Gasteiger partial charge is 0.126 e. The van der Waals surface area contributed by atoms with Gasteiger partial charge in [-0.2, -0.15) is 0 Å². The van der Waals surface area contributed by atoms with Crippen molar-refractivity contribution in [3.63, 3.8) is 0 Å². The number of aromatic nitrogens is 2. The quantitative estimate of drug-likeness (QED) is 0.879. The number of aryl methyl sites for hydroxylation is 1. The molecule has 0 spiro atoms. The zero-order chi connectivity index (χ0) is 12.5. The van der Waals surface area contributed by atoms with Gasteiger partial charge in [-0.25, -0.2) is 9.37 Å². The molecule has 4 heteroatoms. The molecule has 0 amide bonds. The normalized spacial score (nSPS) is 18.7. The fourth-order valence-corrected chi connectivity index (χ4v) is 2.45. The van der Waals surface area contributed by atoms with Crippen LogP contribution in [0.3, 0.4) is 0 Å². The second kappa shape index (κ2) is 4.53. The highest BCUT2D eigenvalue weighted by Gasteiger charge is 2.20. The molecule has 0 fully saturated rings. The summed E-state index contributed by atoms with van der Waals surface area (Å²) in [5.74, 6) is 0.625. The van der Waals surface area contributed by atoms with E-state index in [9.17, 15) is 9.50 Å². The molecule has 18 heavy (non-hydrogen) atoms. The van der Waals surface area contributed by atoms with Gasteiger partial charge < -0.3 is 9.67 Å². The zero-order valence-electron chi connectivity index (χ0n) is 10.0. The molecule has 2 aromatic rings. The summed E-state index contributed by atoms with van der Waals surface area (Å²) in [6.45, 7) is 0.569. The highest BCUT2D eigenvalue weighted by atomic mass is 19.1. The van der Waals surface area contributed by atoms with Gasteiger partial charge in [0.1, 0.15) is 11.6 Å². The number of aliphatic hydroxyl groups is 1. The van der Waals surface area contributed by atoms with Gasteiger partial charge in [0.05, 0.1) is 12.6 Å². The molecular formula is C14H15FN2O. The molecule has 1 aliphatic heterocycles. The second-order valence-electron chi connectivity index (χ2n) is 4.74. The van der Waals surface area contributed by atoms with Crippen LogP contribution in [0.4, 0.5) is 4.39 Å². The Morgan fingerprint density at radius 3 is 3.06 bits per heavy atom. The lowest BCUT2D eigenvalue weighted by molar-refractivity contribution is 0.130. The van der Waals surface area contributed by atoms with E-state index in [4.69, 9.17) is 0 Å². The fourth-order valence-electron chi connectivity index (χ4n) is 2.45. The number of hydrogen-bond donors (Lipinski definition) is 1. The molecule has 0 saturated carbocycles. The van der Waals surface area contributed by atoms with Gasteiger partial charge >= 0.3 is 0 Å². The molecule has 0 saturated heterocycles. The van der Waals surface area contributed by atoms with Crippen molar-refractivity contribution in [2.45, 2.75) is 31.9 Å². The second-order valence-corrected chi connectivity index (χ2v) is 4.74. The van der Waals surface area contributed by atoms with Crippen molar-refractivity contribution in [3.05, 3.63) is 53.4 Å². The standard InChI is InChI=1S/C14H15FN2O/c15-13-4-2-1-3-10(13)7-14-16-8-11-5-6-12(18)9-17(11)14/h1-4,8,12,18H,5-7,9H2. The van der Waals surface area contributed by atoms with Gasteiger partial charge in [-0.05, 0) is 24.5 Å². The first-order valence-electron chi connectivity index (χ1n) is 6.19. The number of benzene rings is 1. The molecule has 0 radical (unpaired) electrons. The molecule has 1 aliphatic rings. The number of rotatable bonds is 2. The molecule has 1 aromatic heterocycles. The highest BCUT2D eigenvalue weighted by Crippen LogP contribution is 2.20. The Morgan fingerprint density at radius 2 is 2.22 bits per heavy atom. The molecule has 3 nitrogen and oxygen atoms in total. The molecule has 94 valence electrons. The summed E-state index contributed by atoms with van der Waals surface area (Å²) < 4.78 is 15.6. The summed E-state index contributed by atoms with van der Waals surface area (Å²) in [5, 5.41) is 9.70. The molecule has 3 rings (SSSR count). The third-order valence-electron chi connectivity index (χ3n) is 3.45. The lowest BCUT2D eigenvalue weighted by Gasteiger charge is -2.21. The Morgan fingerprint density at radius 1 is 1.39 bits per heavy atom. The van der Waals surface area contributed by atoms with Crippen molar-refractivity contribution >= 4 is 0 Å². The predicted molar refractivity (Wildman–Crippen MR) is 65.8 cm³/mol. The molecular weight excluding hydrogens is 231 g/mol. The van der Waals surface area contributed by atoms with E-state index in [1.165, 1.54) is 6.07 Å². The third-order valence-corrected chi connectivity index (χ3v) is 3.45. The molecule has 1 N–H and O–H groups in total. The van der Waals surface area contributed by atoms with E-state index in [1.807, 2.05) is 16.8 Å². The summed E-state index contributed by atoms with van der Waals surface area (Å²) in [4.78, 5) is 4.35. The summed E-state index contributed by atoms with van der Waals surface area (Å²) in [5.41, 5.74) is 1.78. The maximum Gasteiger partial charge on any atom is 0.126 e. The molecule has 2 heterocycles. The number of fused-ring (bicyclic) bond motifs is 1. The minimum atomic E-state index is -0.314. The maximum atomic E-state index is 13.6. The van der Waals surface area contributed by atoms with Crippen LogP contribution in [-0.4, -0.2) is 20.8 Å². The molecule has 0 aliphatic carbocycles. The third kappa shape index (κ3) is 2.04. The van der Waals surface area contributed by atoms with Crippen LogP contribution in [0.2, 0.25) is 0 Å². The fraction of sp³-hybridized carbons (Fsp3) is 0.357. The Hall–Kier alpha value is -1.68. The topological polar surface area (TPSA) is 38.1 Å². The number of nitrogens with zero attached hydrogens (tertiary/aromatic N) is 2. The number of imidazole rings is 1. The van der Waals surface area contributed by atoms with Crippen molar-refractivity contribution in [3.8, 4) is 0 Å². The van der Waals surface area contributed by atoms with E-state index in [-0.39, 0.29) is 11.9 Å². The van der Waals surface area contributed by atoms with E-state index in [0.29, 0.717) is 18.5 Å². The van der Waals surface area contributed by atoms with E-state index in [0.717, 1.165) is 24.4 Å². The van der Waals surface area contributed by atoms with Crippen LogP contribution in [0.5, 0.6) is 0 Å². The van der Waals surface area contributed by atoms with Crippen molar-refractivity contribution in [1.29, 1.82) is 0 Å². The van der Waals surface area contributed by atoms with Crippen molar-refractivity contribution in [2.75, 3.05) is 0 Å². The van der Waals surface area contributed by atoms with Gasteiger partial charge in [-0.15, -0.1) is 0 Å². The Kier molecular flexibility index (Phi) is 2.88. The Labute approximate surface area is 105 Å². The minimum Gasteiger partial charge on any atom is -0.391 e. The number of halogens is 1. The molecule has 0 bridgehead atoms. The van der Waals surface area contributed by atoms with E-state index in [2.05, 4.69) is 4.98 Å². The SMILES string of the molecule is OC1CCc2cnc(Cc3ccccc3F)n2C1. The Balaban J connectivity index is 1.90. The van der Waals surface area contributed by atoms with Gasteiger partial charge in [-0.1, -0.05) is 18.2 Å². The first kappa shape index (κ1) is 11.4. The van der Waals surface area contributed by atoms with Crippen LogP contribution in [0, 0.1) is 5.82 Å². The van der Waals surface area contributed by atoms with Gasteiger partial charge in [0.2, 0.25) is 0 Å². The highest BCUT2D eigenvalue weighted by molar-refractivity contribution is 5.23. The van der Waals surface area contributed by atoms with Crippen molar-refractivity contribution in [1.82, 2.24) is 9.55 Å². The monoisotopic (exact) mass is 246 g/mol. The van der Waals surface area contributed by atoms with Gasteiger partial charge in [0.15, 0.2) is 0 Å². The molecule has 1 aromatic carbocycles. The summed E-state index contributed by atoms with van der Waals surface area (Å²) >= 11 is 0. The first-order valence-corrected chi connectivity index (χ1v) is 6.19. The summed E-state index contributed by atoms with van der Waals surface area (Å²) in [6.07, 6.45) is 3.61. The van der Waals surface area contributed by atoms with Gasteiger partial charge in [0.25, 0.3) is 0 Å². The lowest BCUT2D eigenvalue weighted by atomic mass is 10.1. The van der Waals surface area contributed by atoms with Gasteiger partial charge in [-0.3, -0.25) is 0 Å². The number of aliphatic hydroxyl groups excluding tert-OH is 1. The maximum absolute atomic E-state index is 13.6. The van der Waals surface area contributed by atoms with Crippen molar-refractivity contribution in [2.24, 2.45) is 0 Å². The van der Waals surface area contributed by atoms with E-state index in [1.54, 1.807) is 12.1 Å². The zero-order valence-corrected chi connectivity index (χ0v) is 10.0. The Bertz CT molecular complexity index is 565. The van der Waals surface area contributed by atoms with Crippen LogP contribution in [0.15, 0.2) is 30.5 Å². The summed E-state index contributed by atoms with van der Waals surface area (Å²) in [7, 11) is 0. The predicted octanol–water partition coefficient (Wildman–Crippen LogP) is 1.92. The molecule has 1 unspecified atom stereocenters. The van der Waals surface area contributed by atoms with Crippen LogP contribution in [-0.2, 0) is 19.4 Å². The lowest BCUT2D eigenvalue weighted by Crippen LogP contribution is -2.25. The minimum absolute atomic E-state index is 0.203. The average molecular weight is 246 g/mol. The van der Waals surface area contributed by atoms with Gasteiger partial charge in [0, 0.05) is 18.3 Å². The molecule has 1 atom stereocenters. The summed E-state index contributed by atoms with van der Waals surface area (Å²) in [6, 6.07) is 6.75. The van der Waals surface area contributed by atoms with E-state index < -0.39 is 0 Å². The average Bonchev–Trinajstić information content (AvgIpc) is 2.75. The first-order chi connectivity index (χ1) is 8.74. The van der Waals surface area contributed by atoms with E-state index >= 15 is 0 Å². The van der Waals surface area contributed by atoms with Crippen LogP contribution in [0.25, 0.3) is 0 Å². The van der Waals surface area contributed by atoms with Crippen LogP contribution in [0.1, 0.15) is 23.5 Å². The van der Waals surface area contributed by atoms with Crippen molar-refractivity contribution < 1.29 is 9.50 Å². The van der Waals surface area contributed by atoms with Crippen LogP contribution < -0.4 is 0 Å². The van der Waals surface area contributed by atoms with Crippen LogP contribution >= 0.6 is 0 Å².